The lowest BCUT2D eigenvalue weighted by Gasteiger charge is -2.21. The summed E-state index contributed by atoms with van der Waals surface area (Å²) < 4.78 is 68.3. The Morgan fingerprint density at radius 2 is 1.81 bits per heavy atom. The summed E-state index contributed by atoms with van der Waals surface area (Å²) in [6.07, 6.45) is -2.95. The third-order valence-electron chi connectivity index (χ3n) is 5.68. The lowest BCUT2D eigenvalue weighted by Crippen LogP contribution is -2.26. The molecule has 0 spiro atoms. The average Bonchev–Trinajstić information content (AvgIpc) is 3.33. The Labute approximate surface area is 214 Å². The molecule has 1 fully saturated rings. The number of carbonyl (C=O) groups is 1. The zero-order valence-corrected chi connectivity index (χ0v) is 22.0. The van der Waals surface area contributed by atoms with Crippen LogP contribution in [0.15, 0.2) is 35.2 Å². The first-order valence-corrected chi connectivity index (χ1v) is 13.4. The molecule has 0 aromatic heterocycles. The number of carbonyl (C=O) groups excluding carboxylic acids is 1. The maximum Gasteiger partial charge on any atom is 0.573 e. The molecule has 36 heavy (non-hydrogen) atoms. The van der Waals surface area contributed by atoms with E-state index in [-0.39, 0.29) is 28.3 Å². The Morgan fingerprint density at radius 1 is 1.17 bits per heavy atom. The molecule has 1 saturated heterocycles. The number of hydrogen-bond donors (Lipinski definition) is 2. The molecule has 0 saturated carbocycles. The van der Waals surface area contributed by atoms with Crippen LogP contribution < -0.4 is 15.8 Å². The quantitative estimate of drug-likeness (QED) is 0.505. The fourth-order valence-electron chi connectivity index (χ4n) is 3.92. The summed E-state index contributed by atoms with van der Waals surface area (Å²) in [4.78, 5) is 14.9. The van der Waals surface area contributed by atoms with Gasteiger partial charge in [-0.1, -0.05) is 18.5 Å². The van der Waals surface area contributed by atoms with Gasteiger partial charge in [-0.05, 0) is 81.4 Å². The molecule has 0 bridgehead atoms. The monoisotopic (exact) mass is 549 g/mol. The van der Waals surface area contributed by atoms with E-state index in [1.807, 2.05) is 4.90 Å². The zero-order chi connectivity index (χ0) is 27.1. The highest BCUT2D eigenvalue weighted by Crippen LogP contribution is 2.32. The summed E-state index contributed by atoms with van der Waals surface area (Å²) in [5.74, 6) is -1.21. The topological polar surface area (TPSA) is 102 Å². The molecular weight excluding hydrogens is 519 g/mol. The van der Waals surface area contributed by atoms with Gasteiger partial charge in [0, 0.05) is 29.2 Å². The molecule has 0 atom stereocenters. The number of benzene rings is 2. The summed E-state index contributed by atoms with van der Waals surface area (Å²) in [6, 6.07) is 6.83. The number of nitrogens with two attached hydrogens (primary N) is 1. The van der Waals surface area contributed by atoms with Gasteiger partial charge < -0.3 is 15.8 Å². The van der Waals surface area contributed by atoms with Crippen molar-refractivity contribution in [2.45, 2.75) is 51.0 Å². The Balaban J connectivity index is 0.00000222. The maximum absolute atomic E-state index is 13.1. The predicted molar refractivity (Wildman–Crippen MR) is 133 cm³/mol. The van der Waals surface area contributed by atoms with Crippen molar-refractivity contribution in [2.75, 3.05) is 25.9 Å². The van der Waals surface area contributed by atoms with Crippen LogP contribution in [0.3, 0.4) is 0 Å². The number of amides is 1. The van der Waals surface area contributed by atoms with E-state index in [9.17, 15) is 26.4 Å². The van der Waals surface area contributed by atoms with Crippen LogP contribution in [0.25, 0.3) is 0 Å². The molecule has 7 nitrogen and oxygen atoms in total. The van der Waals surface area contributed by atoms with E-state index in [0.717, 1.165) is 32.0 Å². The van der Waals surface area contributed by atoms with Crippen LogP contribution in [0, 0.1) is 6.92 Å². The van der Waals surface area contributed by atoms with Crippen LogP contribution in [-0.4, -0.2) is 51.5 Å². The molecule has 1 amide bonds. The average molecular weight is 550 g/mol. The Bertz CT molecular complexity index is 1170. The maximum atomic E-state index is 13.1. The van der Waals surface area contributed by atoms with Gasteiger partial charge in [0.1, 0.15) is 5.75 Å². The summed E-state index contributed by atoms with van der Waals surface area (Å²) in [5, 5.41) is 2.87. The first-order valence-electron chi connectivity index (χ1n) is 11.4. The summed E-state index contributed by atoms with van der Waals surface area (Å²) in [6.45, 7) is 4.83. The van der Waals surface area contributed by atoms with Crippen molar-refractivity contribution < 1.29 is 31.1 Å². The molecule has 0 aliphatic carbocycles. The van der Waals surface area contributed by atoms with Crippen molar-refractivity contribution in [3.8, 4) is 5.75 Å². The first-order chi connectivity index (χ1) is 16.9. The van der Waals surface area contributed by atoms with Crippen LogP contribution in [0.1, 0.15) is 46.8 Å². The van der Waals surface area contributed by atoms with Crippen molar-refractivity contribution in [1.82, 2.24) is 10.2 Å². The second-order valence-corrected chi connectivity index (χ2v) is 10.8. The number of sulfone groups is 1. The fraction of sp³-hybridized carbons (Fsp3) is 0.458. The van der Waals surface area contributed by atoms with Crippen LogP contribution in [0.2, 0.25) is 5.02 Å². The minimum absolute atomic E-state index is 0.0242. The first kappa shape index (κ1) is 29.9. The number of aryl methyl sites for hydroxylation is 1. The van der Waals surface area contributed by atoms with Crippen molar-refractivity contribution >= 4 is 27.3 Å². The van der Waals surface area contributed by atoms with Gasteiger partial charge in [0.05, 0.1) is 10.6 Å². The summed E-state index contributed by atoms with van der Waals surface area (Å²) in [5.41, 5.74) is 5.64. The van der Waals surface area contributed by atoms with E-state index in [2.05, 4.69) is 15.8 Å². The minimum Gasteiger partial charge on any atom is -0.405 e. The predicted octanol–water partition coefficient (Wildman–Crippen LogP) is 4.44. The van der Waals surface area contributed by atoms with Crippen molar-refractivity contribution in [2.24, 2.45) is 5.73 Å². The molecule has 200 valence electrons. The Morgan fingerprint density at radius 3 is 2.39 bits per heavy atom. The number of rotatable bonds is 8. The third kappa shape index (κ3) is 8.09. The lowest BCUT2D eigenvalue weighted by atomic mass is 10.0. The van der Waals surface area contributed by atoms with E-state index in [4.69, 9.17) is 11.6 Å². The van der Waals surface area contributed by atoms with Crippen molar-refractivity contribution in [1.29, 1.82) is 0 Å². The number of alkyl halides is 3. The Kier molecular flexibility index (Phi) is 10.6. The molecule has 1 heterocycles. The van der Waals surface area contributed by atoms with Crippen LogP contribution in [0.4, 0.5) is 13.2 Å². The number of halogens is 4. The van der Waals surface area contributed by atoms with Gasteiger partial charge in [-0.15, -0.1) is 13.2 Å². The number of ether oxygens (including phenoxy) is 1. The smallest absolute Gasteiger partial charge is 0.405 e. The Hall–Kier alpha value is -2.34. The second kappa shape index (κ2) is 12.8. The van der Waals surface area contributed by atoms with Gasteiger partial charge in [-0.3, -0.25) is 9.69 Å². The van der Waals surface area contributed by atoms with Crippen LogP contribution in [0.5, 0.6) is 5.75 Å². The van der Waals surface area contributed by atoms with Gasteiger partial charge in [0.15, 0.2) is 9.84 Å². The third-order valence-corrected chi connectivity index (χ3v) is 7.74. The molecular formula is C24H31ClF3N3O4S. The number of nitrogens with zero attached hydrogens (tertiary/aromatic N) is 1. The van der Waals surface area contributed by atoms with Gasteiger partial charge in [-0.25, -0.2) is 8.42 Å². The van der Waals surface area contributed by atoms with E-state index >= 15 is 0 Å². The van der Waals surface area contributed by atoms with Gasteiger partial charge in [0.25, 0.3) is 5.91 Å². The largest absolute Gasteiger partial charge is 0.573 e. The molecule has 12 heteroatoms. The molecule has 2 aromatic rings. The van der Waals surface area contributed by atoms with E-state index in [1.54, 1.807) is 6.92 Å². The number of hydrogen-bond acceptors (Lipinski definition) is 6. The zero-order valence-electron chi connectivity index (χ0n) is 20.4. The summed E-state index contributed by atoms with van der Waals surface area (Å²) in [7, 11) is -2.07. The van der Waals surface area contributed by atoms with E-state index < -0.39 is 27.9 Å². The molecule has 0 unspecified atom stereocenters. The van der Waals surface area contributed by atoms with Gasteiger partial charge in [0.2, 0.25) is 0 Å². The molecule has 3 rings (SSSR count). The van der Waals surface area contributed by atoms with E-state index in [0.29, 0.717) is 22.7 Å². The lowest BCUT2D eigenvalue weighted by molar-refractivity contribution is -0.275. The highest BCUT2D eigenvalue weighted by atomic mass is 35.5. The van der Waals surface area contributed by atoms with Gasteiger partial charge >= 0.3 is 6.36 Å². The van der Waals surface area contributed by atoms with Crippen LogP contribution in [-0.2, 0) is 22.9 Å². The van der Waals surface area contributed by atoms with Crippen LogP contribution >= 0.6 is 11.6 Å². The van der Waals surface area contributed by atoms with Gasteiger partial charge in [-0.2, -0.15) is 0 Å². The SMILES string of the molecule is CCS(=O)(=O)c1ccc(Cl)cc1CNC(=O)c1cc(C)c(CN2CCCC2)c(OC(F)(F)F)c1.CN. The molecule has 2 aromatic carbocycles. The highest BCUT2D eigenvalue weighted by molar-refractivity contribution is 7.91. The van der Waals surface area contributed by atoms with E-state index in [1.165, 1.54) is 38.2 Å². The molecule has 1 aliphatic rings. The minimum atomic E-state index is -4.91. The van der Waals surface area contributed by atoms with Crippen molar-refractivity contribution in [3.05, 3.63) is 57.6 Å². The molecule has 3 N–H and O–H groups in total. The summed E-state index contributed by atoms with van der Waals surface area (Å²) >= 11 is 6.00. The highest BCUT2D eigenvalue weighted by Gasteiger charge is 2.33. The second-order valence-electron chi connectivity index (χ2n) is 8.14. The molecule has 0 radical (unpaired) electrons. The molecule has 1 aliphatic heterocycles. The number of likely N-dealkylation sites (tertiary alicyclic amines) is 1. The standard InChI is InChI=1S/C23H26ClF3N2O4S.CH5N/c1-3-34(31,32)21-7-6-18(24)11-17(21)13-28-22(30)16-10-15(2)19(14-29-8-4-5-9-29)20(12-16)33-23(25,26)27;1-2/h6-7,10-12H,3-5,8-9,13-14H2,1-2H3,(H,28,30);2H2,1H3. The van der Waals surface area contributed by atoms with Crippen molar-refractivity contribution in [3.63, 3.8) is 0 Å². The fourth-order valence-corrected chi connectivity index (χ4v) is 5.23. The normalized spacial score (nSPS) is 14.2. The number of nitrogens with one attached hydrogen (secondary N) is 1.